The number of carbonyl (C=O) groups is 13. The van der Waals surface area contributed by atoms with E-state index in [0.29, 0.717) is 12.0 Å². The first-order valence-corrected chi connectivity index (χ1v) is 30.4. The van der Waals surface area contributed by atoms with Crippen molar-refractivity contribution in [3.63, 3.8) is 0 Å². The second-order valence-electron chi connectivity index (χ2n) is 22.9. The molecule has 0 bridgehead atoms. The number of aliphatic hydroxyl groups excluding tert-OH is 1. The van der Waals surface area contributed by atoms with Gasteiger partial charge in [-0.2, -0.15) is 11.8 Å². The minimum absolute atomic E-state index is 0.0315. The SMILES string of the molecule is CC[C@H](C)[C@H](NC(=O)[C@@H]1CCCN1C(=O)[C@H](CC(=O)O)NC(=O)[C@H](Cc1ccccc1)NC(=O)[C@@H]1CCCN1C(=O)[C@H](CC(C)C)NC(=O)[C@@H](N)C(C)C)C(=O)N[C@@H](CO)C(=O)N[C@@H](CCSC)C(=O)N[C@@H](CC(=O)O)C(=O)N[C@H](C(=O)O)C(C)C. The van der Waals surface area contributed by atoms with E-state index in [1.54, 1.807) is 64.3 Å². The van der Waals surface area contributed by atoms with Gasteiger partial charge in [0.1, 0.15) is 60.4 Å². The van der Waals surface area contributed by atoms with E-state index in [-0.39, 0.29) is 75.6 Å². The van der Waals surface area contributed by atoms with Crippen LogP contribution in [-0.4, -0.2) is 205 Å². The molecule has 0 spiro atoms. The Labute approximate surface area is 505 Å². The van der Waals surface area contributed by atoms with Crippen LogP contribution in [0.4, 0.5) is 0 Å². The third-order valence-corrected chi connectivity index (χ3v) is 15.7. The van der Waals surface area contributed by atoms with E-state index in [1.165, 1.54) is 30.5 Å². The molecule has 0 saturated carbocycles. The van der Waals surface area contributed by atoms with Crippen LogP contribution < -0.4 is 48.3 Å². The lowest BCUT2D eigenvalue weighted by molar-refractivity contribution is -0.146. The number of aliphatic carboxylic acids is 3. The van der Waals surface area contributed by atoms with Gasteiger partial charge in [0.2, 0.25) is 59.1 Å². The second kappa shape index (κ2) is 35.3. The van der Waals surface area contributed by atoms with Gasteiger partial charge < -0.3 is 78.5 Å². The van der Waals surface area contributed by atoms with Gasteiger partial charge in [0.25, 0.3) is 0 Å². The zero-order valence-electron chi connectivity index (χ0n) is 50.4. The van der Waals surface area contributed by atoms with E-state index in [4.69, 9.17) is 5.73 Å². The monoisotopic (exact) mass is 1230 g/mol. The summed E-state index contributed by atoms with van der Waals surface area (Å²) in [5, 5.41) is 59.4. The van der Waals surface area contributed by atoms with Crippen LogP contribution in [0.3, 0.4) is 0 Å². The van der Waals surface area contributed by atoms with Crippen molar-refractivity contribution in [2.45, 2.75) is 186 Å². The minimum atomic E-state index is -1.79. The quantitative estimate of drug-likeness (QED) is 0.0372. The highest BCUT2D eigenvalue weighted by Gasteiger charge is 2.44. The third kappa shape index (κ3) is 22.1. The number of carboxylic acid groups (broad SMARTS) is 3. The maximum atomic E-state index is 14.5. The number of nitrogens with one attached hydrogen (secondary N) is 8. The molecule has 0 radical (unpaired) electrons. The summed E-state index contributed by atoms with van der Waals surface area (Å²) in [5.74, 6) is -14.5. The first kappa shape index (κ1) is 72.9. The average molecular weight is 1230 g/mol. The molecule has 2 fully saturated rings. The smallest absolute Gasteiger partial charge is 0.326 e. The molecule has 14 N–H and O–H groups in total. The van der Waals surface area contributed by atoms with E-state index < -0.39 is 175 Å². The number of rotatable bonds is 35. The van der Waals surface area contributed by atoms with Gasteiger partial charge in [0, 0.05) is 19.5 Å². The Balaban J connectivity index is 1.85. The van der Waals surface area contributed by atoms with E-state index in [2.05, 4.69) is 42.5 Å². The number of hydrogen-bond donors (Lipinski definition) is 13. The minimum Gasteiger partial charge on any atom is -0.481 e. The van der Waals surface area contributed by atoms with Gasteiger partial charge in [-0.15, -0.1) is 0 Å². The zero-order valence-corrected chi connectivity index (χ0v) is 51.2. The molecule has 28 nitrogen and oxygen atoms in total. The number of benzene rings is 1. The summed E-state index contributed by atoms with van der Waals surface area (Å²) < 4.78 is 0. The number of carboxylic acids is 3. The van der Waals surface area contributed by atoms with Gasteiger partial charge >= 0.3 is 17.9 Å². The van der Waals surface area contributed by atoms with Crippen LogP contribution in [0.5, 0.6) is 0 Å². The number of nitrogens with zero attached hydrogens (tertiary/aromatic N) is 2. The summed E-state index contributed by atoms with van der Waals surface area (Å²) in [4.78, 5) is 178. The Bertz CT molecular complexity index is 2560. The van der Waals surface area contributed by atoms with Crippen LogP contribution in [-0.2, 0) is 68.7 Å². The lowest BCUT2D eigenvalue weighted by atomic mass is 9.97. The van der Waals surface area contributed by atoms with Gasteiger partial charge in [-0.1, -0.05) is 92.1 Å². The molecular weight excluding hydrogens is 1140 g/mol. The molecule has 29 heteroatoms. The van der Waals surface area contributed by atoms with Crippen molar-refractivity contribution in [3.05, 3.63) is 35.9 Å². The van der Waals surface area contributed by atoms with Crippen molar-refractivity contribution in [1.29, 1.82) is 0 Å². The molecule has 2 aliphatic heterocycles. The predicted molar refractivity (Wildman–Crippen MR) is 314 cm³/mol. The highest BCUT2D eigenvalue weighted by atomic mass is 32.2. The summed E-state index contributed by atoms with van der Waals surface area (Å²) in [6.45, 7) is 12.6. The van der Waals surface area contributed by atoms with Gasteiger partial charge in [-0.05, 0) is 79.8 Å². The first-order chi connectivity index (χ1) is 40.4. The van der Waals surface area contributed by atoms with Crippen LogP contribution in [0.15, 0.2) is 30.3 Å². The van der Waals surface area contributed by atoms with Crippen molar-refractivity contribution >= 4 is 88.7 Å². The highest BCUT2D eigenvalue weighted by Crippen LogP contribution is 2.24. The molecule has 3 rings (SSSR count). The third-order valence-electron chi connectivity index (χ3n) is 15.0. The van der Waals surface area contributed by atoms with Crippen molar-refractivity contribution in [1.82, 2.24) is 52.3 Å². The molecule has 480 valence electrons. The summed E-state index contributed by atoms with van der Waals surface area (Å²) >= 11 is 1.26. The van der Waals surface area contributed by atoms with Crippen molar-refractivity contribution in [2.24, 2.45) is 29.4 Å². The fourth-order valence-corrected chi connectivity index (χ4v) is 10.3. The van der Waals surface area contributed by atoms with E-state index in [0.717, 1.165) is 4.90 Å². The predicted octanol–water partition coefficient (Wildman–Crippen LogP) is -1.40. The van der Waals surface area contributed by atoms with Gasteiger partial charge in [0.05, 0.1) is 25.5 Å². The number of nitrogens with two attached hydrogens (primary N) is 1. The Morgan fingerprint density at radius 1 is 0.570 bits per heavy atom. The number of aliphatic hydroxyl groups is 1. The standard InChI is InChI=1S/C57H89N11O17S/c1-10-32(8)46(54(81)64-39(28-69)50(77)59-34(20-23-86-9)47(74)60-36(26-42(70)71)49(76)65-45(31(6)7)57(84)85)66-52(79)41-19-15-22-68(41)56(83)38(27-43(72)73)62-48(75)35(25-33-16-12-11-13-17-33)61-51(78)40-18-14-21-67(40)55(82)37(24-29(2)3)63-53(80)44(58)30(4)5/h11-13,16-17,29-32,34-41,44-46,69H,10,14-15,18-28,58H2,1-9H3,(H,59,77)(H,60,74)(H,61,78)(H,62,75)(H,63,80)(H,64,81)(H,65,76)(H,66,79)(H,70,71)(H,72,73)(H,84,85)/t32-,34-,35-,36-,37-,38-,39-,40-,41-,44-,45-,46-/m0/s1. The van der Waals surface area contributed by atoms with Gasteiger partial charge in [0.15, 0.2) is 0 Å². The van der Waals surface area contributed by atoms with Crippen LogP contribution >= 0.6 is 11.8 Å². The number of likely N-dealkylation sites (tertiary alicyclic amines) is 2. The molecular formula is C57H89N11O17S. The summed E-state index contributed by atoms with van der Waals surface area (Å²) in [7, 11) is 0. The number of carbonyl (C=O) groups excluding carboxylic acids is 10. The topological polar surface area (TPSA) is 432 Å². The average Bonchev–Trinajstić information content (AvgIpc) is 2.74. The van der Waals surface area contributed by atoms with Crippen LogP contribution in [0.2, 0.25) is 0 Å². The second-order valence-corrected chi connectivity index (χ2v) is 23.9. The fourth-order valence-electron chi connectivity index (χ4n) is 9.85. The Morgan fingerprint density at radius 3 is 1.55 bits per heavy atom. The number of thioether (sulfide) groups is 1. The number of amides is 10. The normalized spacial score (nSPS) is 18.4. The van der Waals surface area contributed by atoms with Crippen LogP contribution in [0.25, 0.3) is 0 Å². The molecule has 2 heterocycles. The summed E-state index contributed by atoms with van der Waals surface area (Å²) in [6.07, 6.45) is 0.935. The molecule has 1 aromatic carbocycles. The van der Waals surface area contributed by atoms with E-state index in [1.807, 2.05) is 13.8 Å². The van der Waals surface area contributed by atoms with Crippen molar-refractivity contribution in [3.8, 4) is 0 Å². The Morgan fingerprint density at radius 2 is 1.05 bits per heavy atom. The van der Waals surface area contributed by atoms with Gasteiger partial charge in [-0.3, -0.25) is 57.5 Å². The first-order valence-electron chi connectivity index (χ1n) is 29.1. The zero-order chi connectivity index (χ0) is 64.7. The molecule has 12 atom stereocenters. The molecule has 0 aromatic heterocycles. The van der Waals surface area contributed by atoms with Gasteiger partial charge in [-0.25, -0.2) is 4.79 Å². The maximum Gasteiger partial charge on any atom is 0.326 e. The largest absolute Gasteiger partial charge is 0.481 e. The molecule has 0 unspecified atom stereocenters. The van der Waals surface area contributed by atoms with Crippen LogP contribution in [0, 0.1) is 23.7 Å². The van der Waals surface area contributed by atoms with Crippen LogP contribution in [0.1, 0.15) is 119 Å². The summed E-state index contributed by atoms with van der Waals surface area (Å²) in [5.41, 5.74) is 6.67. The Hall–Kier alpha value is -7.40. The maximum absolute atomic E-state index is 14.5. The molecule has 10 amide bonds. The van der Waals surface area contributed by atoms with E-state index >= 15 is 0 Å². The molecule has 0 aliphatic carbocycles. The Kier molecular flexibility index (Phi) is 29.9. The molecule has 1 aromatic rings. The van der Waals surface area contributed by atoms with E-state index in [9.17, 15) is 82.8 Å². The summed E-state index contributed by atoms with van der Waals surface area (Å²) in [6, 6.07) is -6.90. The lowest BCUT2D eigenvalue weighted by Gasteiger charge is -2.32. The molecule has 2 saturated heterocycles. The molecule has 2 aliphatic rings. The molecule has 86 heavy (non-hydrogen) atoms. The lowest BCUT2D eigenvalue weighted by Crippen LogP contribution is -2.62. The fraction of sp³-hybridized carbons (Fsp3) is 0.667. The van der Waals surface area contributed by atoms with Crippen molar-refractivity contribution < 1.29 is 82.8 Å². The number of hydrogen-bond acceptors (Lipinski definition) is 16. The highest BCUT2D eigenvalue weighted by molar-refractivity contribution is 7.98. The van der Waals surface area contributed by atoms with Crippen molar-refractivity contribution in [2.75, 3.05) is 31.7 Å².